The average Bonchev–Trinajstić information content (AvgIpc) is 3.26. The fourth-order valence-corrected chi connectivity index (χ4v) is 4.16. The highest BCUT2D eigenvalue weighted by molar-refractivity contribution is 7.92. The maximum absolute atomic E-state index is 12.6. The van der Waals surface area contributed by atoms with E-state index < -0.39 is 10.0 Å². The van der Waals surface area contributed by atoms with E-state index in [1.54, 1.807) is 24.3 Å². The lowest BCUT2D eigenvalue weighted by molar-refractivity contribution is 0.134. The van der Waals surface area contributed by atoms with Crippen LogP contribution in [-0.2, 0) is 28.0 Å². The van der Waals surface area contributed by atoms with Crippen molar-refractivity contribution in [2.75, 3.05) is 11.3 Å². The van der Waals surface area contributed by atoms with Crippen molar-refractivity contribution >= 4 is 15.7 Å². The minimum absolute atomic E-state index is 0.262. The Bertz CT molecular complexity index is 844. The van der Waals surface area contributed by atoms with Gasteiger partial charge in [-0.1, -0.05) is 18.2 Å². The first-order valence-electron chi connectivity index (χ1n) is 7.92. The number of rotatable bonds is 4. The molecule has 2 aliphatic rings. The summed E-state index contributed by atoms with van der Waals surface area (Å²) in [6, 6.07) is 12.9. The van der Waals surface area contributed by atoms with Crippen LogP contribution in [-0.4, -0.2) is 15.0 Å². The normalized spacial score (nSPS) is 20.1. The van der Waals surface area contributed by atoms with Gasteiger partial charge in [0.15, 0.2) is 0 Å². The number of sulfonamides is 1. The van der Waals surface area contributed by atoms with E-state index in [4.69, 9.17) is 4.74 Å². The first-order valence-corrected chi connectivity index (χ1v) is 9.41. The molecule has 3 N–H and O–H groups in total. The second-order valence-electron chi connectivity index (χ2n) is 6.06. The Morgan fingerprint density at radius 3 is 2.58 bits per heavy atom. The molecule has 0 radical (unpaired) electrons. The van der Waals surface area contributed by atoms with Crippen molar-refractivity contribution in [1.82, 2.24) is 10.9 Å². The van der Waals surface area contributed by atoms with Gasteiger partial charge in [-0.3, -0.25) is 15.6 Å². The molecule has 0 aromatic heterocycles. The first kappa shape index (κ1) is 15.6. The molecule has 1 atom stereocenters. The standard InChI is InChI=1S/C17H19N3O3S/c21-24(22,16-6-3-13-10-23-11-14(13)9-16)20-15-4-1-12(2-5-15)17-7-8-18-19-17/h1-6,9,17-20H,7-8,10-11H2. The van der Waals surface area contributed by atoms with Crippen LogP contribution < -0.4 is 15.6 Å². The lowest BCUT2D eigenvalue weighted by Crippen LogP contribution is -2.24. The van der Waals surface area contributed by atoms with Gasteiger partial charge in [0.25, 0.3) is 10.0 Å². The second kappa shape index (κ2) is 6.18. The van der Waals surface area contributed by atoms with E-state index in [-0.39, 0.29) is 10.9 Å². The van der Waals surface area contributed by atoms with Gasteiger partial charge in [-0.2, -0.15) is 0 Å². The zero-order valence-corrected chi connectivity index (χ0v) is 13.9. The van der Waals surface area contributed by atoms with Crippen LogP contribution in [0.25, 0.3) is 0 Å². The number of hydrazine groups is 1. The molecule has 0 bridgehead atoms. The third-order valence-electron chi connectivity index (χ3n) is 4.40. The molecule has 1 saturated heterocycles. The summed E-state index contributed by atoms with van der Waals surface area (Å²) < 4.78 is 33.1. The molecule has 126 valence electrons. The van der Waals surface area contributed by atoms with E-state index >= 15 is 0 Å². The molecule has 1 fully saturated rings. The summed E-state index contributed by atoms with van der Waals surface area (Å²) in [6.45, 7) is 1.95. The summed E-state index contributed by atoms with van der Waals surface area (Å²) in [6.07, 6.45) is 1.02. The second-order valence-corrected chi connectivity index (χ2v) is 7.75. The van der Waals surface area contributed by atoms with Crippen LogP contribution in [0, 0.1) is 0 Å². The molecule has 0 amide bonds. The van der Waals surface area contributed by atoms with E-state index in [1.807, 2.05) is 18.2 Å². The molecule has 7 heteroatoms. The molecule has 2 aliphatic heterocycles. The summed E-state index contributed by atoms with van der Waals surface area (Å²) >= 11 is 0. The van der Waals surface area contributed by atoms with Gasteiger partial charge in [0.05, 0.1) is 18.1 Å². The van der Waals surface area contributed by atoms with Gasteiger partial charge in [0.2, 0.25) is 0 Å². The minimum Gasteiger partial charge on any atom is -0.372 e. The molecular weight excluding hydrogens is 326 g/mol. The molecular formula is C17H19N3O3S. The lowest BCUT2D eigenvalue weighted by atomic mass is 10.1. The van der Waals surface area contributed by atoms with E-state index in [2.05, 4.69) is 15.6 Å². The van der Waals surface area contributed by atoms with Crippen LogP contribution in [0.4, 0.5) is 5.69 Å². The third-order valence-corrected chi connectivity index (χ3v) is 5.78. The maximum atomic E-state index is 12.6. The van der Waals surface area contributed by atoms with Gasteiger partial charge < -0.3 is 4.74 Å². The molecule has 2 aromatic carbocycles. The van der Waals surface area contributed by atoms with E-state index in [0.717, 1.165) is 29.7 Å². The van der Waals surface area contributed by atoms with Crippen molar-refractivity contribution < 1.29 is 13.2 Å². The average molecular weight is 345 g/mol. The van der Waals surface area contributed by atoms with Gasteiger partial charge in [0, 0.05) is 18.3 Å². The van der Waals surface area contributed by atoms with Crippen LogP contribution in [0.5, 0.6) is 0 Å². The van der Waals surface area contributed by atoms with Crippen molar-refractivity contribution in [3.63, 3.8) is 0 Å². The van der Waals surface area contributed by atoms with Crippen molar-refractivity contribution in [3.05, 3.63) is 59.2 Å². The van der Waals surface area contributed by atoms with Gasteiger partial charge >= 0.3 is 0 Å². The zero-order chi connectivity index (χ0) is 16.6. The zero-order valence-electron chi connectivity index (χ0n) is 13.1. The highest BCUT2D eigenvalue weighted by atomic mass is 32.2. The van der Waals surface area contributed by atoms with Crippen LogP contribution >= 0.6 is 0 Å². The summed E-state index contributed by atoms with van der Waals surface area (Å²) in [5.74, 6) is 0. The van der Waals surface area contributed by atoms with Gasteiger partial charge in [-0.25, -0.2) is 8.42 Å². The molecule has 0 spiro atoms. The third kappa shape index (κ3) is 3.03. The Morgan fingerprint density at radius 1 is 1.04 bits per heavy atom. The summed E-state index contributed by atoms with van der Waals surface area (Å²) in [4.78, 5) is 0.262. The number of nitrogens with one attached hydrogen (secondary N) is 3. The monoisotopic (exact) mass is 345 g/mol. The summed E-state index contributed by atoms with van der Waals surface area (Å²) in [7, 11) is -3.60. The Morgan fingerprint density at radius 2 is 1.83 bits per heavy atom. The van der Waals surface area contributed by atoms with Crippen LogP contribution in [0.15, 0.2) is 47.4 Å². The number of anilines is 1. The van der Waals surface area contributed by atoms with E-state index in [1.165, 1.54) is 0 Å². The number of ether oxygens (including phenoxy) is 1. The molecule has 2 aromatic rings. The number of fused-ring (bicyclic) bond motifs is 1. The minimum atomic E-state index is -3.60. The SMILES string of the molecule is O=S(=O)(Nc1ccc(C2CCNN2)cc1)c1ccc2c(c1)COC2. The number of benzene rings is 2. The fourth-order valence-electron chi connectivity index (χ4n) is 3.05. The van der Waals surface area contributed by atoms with Crippen molar-refractivity contribution in [1.29, 1.82) is 0 Å². The van der Waals surface area contributed by atoms with Crippen LogP contribution in [0.1, 0.15) is 29.2 Å². The fraction of sp³-hybridized carbons (Fsp3) is 0.294. The Hall–Kier alpha value is -1.93. The summed E-state index contributed by atoms with van der Waals surface area (Å²) in [5.41, 5.74) is 9.97. The van der Waals surface area contributed by atoms with Gasteiger partial charge in [0.1, 0.15) is 0 Å². The van der Waals surface area contributed by atoms with Gasteiger partial charge in [-0.05, 0) is 47.4 Å². The maximum Gasteiger partial charge on any atom is 0.261 e. The number of hydrogen-bond acceptors (Lipinski definition) is 5. The molecule has 24 heavy (non-hydrogen) atoms. The van der Waals surface area contributed by atoms with Crippen LogP contribution in [0.3, 0.4) is 0 Å². The molecule has 1 unspecified atom stereocenters. The summed E-state index contributed by atoms with van der Waals surface area (Å²) in [5, 5.41) is 0. The highest BCUT2D eigenvalue weighted by Crippen LogP contribution is 2.25. The van der Waals surface area contributed by atoms with Crippen molar-refractivity contribution in [2.45, 2.75) is 30.6 Å². The molecule has 6 nitrogen and oxygen atoms in total. The predicted octanol–water partition coefficient (Wildman–Crippen LogP) is 2.06. The Labute approximate surface area is 141 Å². The molecule has 4 rings (SSSR count). The topological polar surface area (TPSA) is 79.5 Å². The van der Waals surface area contributed by atoms with E-state index in [9.17, 15) is 8.42 Å². The molecule has 2 heterocycles. The smallest absolute Gasteiger partial charge is 0.261 e. The quantitative estimate of drug-likeness (QED) is 0.790. The lowest BCUT2D eigenvalue weighted by Gasteiger charge is -2.12. The van der Waals surface area contributed by atoms with E-state index in [0.29, 0.717) is 18.9 Å². The van der Waals surface area contributed by atoms with Crippen molar-refractivity contribution in [2.24, 2.45) is 0 Å². The predicted molar refractivity (Wildman–Crippen MR) is 90.7 cm³/mol. The molecule has 0 saturated carbocycles. The van der Waals surface area contributed by atoms with Gasteiger partial charge in [-0.15, -0.1) is 0 Å². The largest absolute Gasteiger partial charge is 0.372 e. The number of hydrogen-bond donors (Lipinski definition) is 3. The Kier molecular flexibility index (Phi) is 4.01. The first-order chi connectivity index (χ1) is 11.6. The van der Waals surface area contributed by atoms with Crippen molar-refractivity contribution in [3.8, 4) is 0 Å². The van der Waals surface area contributed by atoms with Crippen LogP contribution in [0.2, 0.25) is 0 Å². The highest BCUT2D eigenvalue weighted by Gasteiger charge is 2.20. The molecule has 0 aliphatic carbocycles. The Balaban J connectivity index is 1.53.